The molecular formula is C18H15ClN2O2. The number of carbonyl (C=O) groups is 1. The van der Waals surface area contributed by atoms with E-state index in [0.717, 1.165) is 17.7 Å². The molecule has 0 radical (unpaired) electrons. The van der Waals surface area contributed by atoms with Gasteiger partial charge in [-0.15, -0.1) is 0 Å². The molecule has 3 aromatic rings. The predicted octanol–water partition coefficient (Wildman–Crippen LogP) is 4.38. The fraction of sp³-hybridized carbons (Fsp3) is 0.111. The number of hydrogen-bond donors (Lipinski definition) is 2. The van der Waals surface area contributed by atoms with Crippen molar-refractivity contribution in [1.29, 1.82) is 5.41 Å². The highest BCUT2D eigenvalue weighted by atomic mass is 35.5. The second kappa shape index (κ2) is 6.26. The van der Waals surface area contributed by atoms with Crippen molar-refractivity contribution in [2.45, 2.75) is 13.3 Å². The molecule has 1 aromatic heterocycles. The summed E-state index contributed by atoms with van der Waals surface area (Å²) in [6, 6.07) is 14.3. The third-order valence-electron chi connectivity index (χ3n) is 3.62. The molecule has 0 aliphatic rings. The lowest BCUT2D eigenvalue weighted by Crippen LogP contribution is -2.21. The predicted molar refractivity (Wildman–Crippen MR) is 90.9 cm³/mol. The summed E-state index contributed by atoms with van der Waals surface area (Å²) in [5.74, 6) is -0.374. The van der Waals surface area contributed by atoms with E-state index >= 15 is 0 Å². The summed E-state index contributed by atoms with van der Waals surface area (Å²) in [6.07, 6.45) is 0.807. The van der Waals surface area contributed by atoms with E-state index in [1.54, 1.807) is 24.3 Å². The topological polar surface area (TPSA) is 66.1 Å². The van der Waals surface area contributed by atoms with Gasteiger partial charge in [0.25, 0.3) is 5.91 Å². The van der Waals surface area contributed by atoms with Crippen molar-refractivity contribution in [3.05, 3.63) is 70.2 Å². The first-order valence-corrected chi connectivity index (χ1v) is 7.63. The lowest BCUT2D eigenvalue weighted by Gasteiger charge is -2.10. The monoisotopic (exact) mass is 326 g/mol. The van der Waals surface area contributed by atoms with Gasteiger partial charge in [0, 0.05) is 16.1 Å². The van der Waals surface area contributed by atoms with Gasteiger partial charge in [0.05, 0.1) is 0 Å². The highest BCUT2D eigenvalue weighted by molar-refractivity contribution is 6.31. The lowest BCUT2D eigenvalue weighted by molar-refractivity contribution is 0.102. The molecule has 5 heteroatoms. The summed E-state index contributed by atoms with van der Waals surface area (Å²) in [4.78, 5) is 12.5. The average Bonchev–Trinajstić information content (AvgIpc) is 2.55. The van der Waals surface area contributed by atoms with E-state index in [1.807, 2.05) is 31.2 Å². The van der Waals surface area contributed by atoms with Gasteiger partial charge in [-0.2, -0.15) is 0 Å². The Morgan fingerprint density at radius 3 is 2.78 bits per heavy atom. The Morgan fingerprint density at radius 2 is 2.00 bits per heavy atom. The molecule has 0 fully saturated rings. The highest BCUT2D eigenvalue weighted by Gasteiger charge is 2.13. The van der Waals surface area contributed by atoms with Gasteiger partial charge in [-0.1, -0.05) is 36.7 Å². The van der Waals surface area contributed by atoms with E-state index in [-0.39, 0.29) is 17.0 Å². The first-order chi connectivity index (χ1) is 11.1. The summed E-state index contributed by atoms with van der Waals surface area (Å²) in [7, 11) is 0. The first kappa shape index (κ1) is 15.3. The molecule has 2 aromatic carbocycles. The van der Waals surface area contributed by atoms with Crippen LogP contribution in [0.3, 0.4) is 0 Å². The van der Waals surface area contributed by atoms with Crippen molar-refractivity contribution in [2.24, 2.45) is 0 Å². The minimum atomic E-state index is -0.374. The number of nitrogens with one attached hydrogen (secondary N) is 2. The van der Waals surface area contributed by atoms with Crippen molar-refractivity contribution < 1.29 is 9.21 Å². The second-order valence-electron chi connectivity index (χ2n) is 5.14. The van der Waals surface area contributed by atoms with Crippen LogP contribution in [0.15, 0.2) is 52.9 Å². The SMILES string of the molecule is CCc1ccccc1NC(=O)c1cc2cc(Cl)ccc2oc1=N. The largest absolute Gasteiger partial charge is 0.438 e. The van der Waals surface area contributed by atoms with Gasteiger partial charge in [-0.05, 0) is 42.3 Å². The maximum absolute atomic E-state index is 12.5. The number of rotatable bonds is 3. The number of halogens is 1. The molecular weight excluding hydrogens is 312 g/mol. The molecule has 0 spiro atoms. The molecule has 3 rings (SSSR count). The van der Waals surface area contributed by atoms with Gasteiger partial charge < -0.3 is 9.73 Å². The fourth-order valence-corrected chi connectivity index (χ4v) is 2.60. The number of benzene rings is 2. The Bertz CT molecular complexity index is 947. The van der Waals surface area contributed by atoms with Crippen LogP contribution in [-0.4, -0.2) is 5.91 Å². The minimum absolute atomic E-state index is 0.172. The van der Waals surface area contributed by atoms with Crippen LogP contribution in [0.25, 0.3) is 11.0 Å². The maximum atomic E-state index is 12.5. The molecule has 0 aliphatic carbocycles. The quantitative estimate of drug-likeness (QED) is 0.750. The number of hydrogen-bond acceptors (Lipinski definition) is 3. The Balaban J connectivity index is 2.00. The standard InChI is InChI=1S/C18H15ClN2O2/c1-2-11-5-3-4-6-15(11)21-18(22)14-10-12-9-13(19)7-8-16(12)23-17(14)20/h3-10,20H,2H2,1H3,(H,21,22). The lowest BCUT2D eigenvalue weighted by atomic mass is 10.1. The molecule has 4 nitrogen and oxygen atoms in total. The Kier molecular flexibility index (Phi) is 4.17. The smallest absolute Gasteiger partial charge is 0.261 e. The molecule has 0 atom stereocenters. The zero-order valence-corrected chi connectivity index (χ0v) is 13.3. The number of aryl methyl sites for hydroxylation is 1. The van der Waals surface area contributed by atoms with Crippen LogP contribution in [0.2, 0.25) is 5.02 Å². The zero-order chi connectivity index (χ0) is 16.4. The molecule has 0 bridgehead atoms. The van der Waals surface area contributed by atoms with Crippen LogP contribution >= 0.6 is 11.6 Å². The van der Waals surface area contributed by atoms with Gasteiger partial charge >= 0.3 is 0 Å². The van der Waals surface area contributed by atoms with Crippen molar-refractivity contribution in [1.82, 2.24) is 0 Å². The van der Waals surface area contributed by atoms with E-state index in [2.05, 4.69) is 5.32 Å². The van der Waals surface area contributed by atoms with Crippen LogP contribution in [-0.2, 0) is 6.42 Å². The second-order valence-corrected chi connectivity index (χ2v) is 5.57. The highest BCUT2D eigenvalue weighted by Crippen LogP contribution is 2.20. The summed E-state index contributed by atoms with van der Waals surface area (Å²) < 4.78 is 5.41. The Labute approximate surface area is 138 Å². The first-order valence-electron chi connectivity index (χ1n) is 7.25. The summed E-state index contributed by atoms with van der Waals surface area (Å²) in [6.45, 7) is 2.02. The van der Waals surface area contributed by atoms with Crippen molar-refractivity contribution in [2.75, 3.05) is 5.32 Å². The molecule has 1 amide bonds. The Morgan fingerprint density at radius 1 is 1.22 bits per heavy atom. The number of fused-ring (bicyclic) bond motifs is 1. The Hall–Kier alpha value is -2.59. The number of carbonyl (C=O) groups excluding carboxylic acids is 1. The molecule has 23 heavy (non-hydrogen) atoms. The average molecular weight is 327 g/mol. The third kappa shape index (κ3) is 3.12. The fourth-order valence-electron chi connectivity index (χ4n) is 2.42. The van der Waals surface area contributed by atoms with E-state index in [0.29, 0.717) is 16.0 Å². The van der Waals surface area contributed by atoms with Crippen molar-refractivity contribution in [3.63, 3.8) is 0 Å². The molecule has 0 saturated heterocycles. The van der Waals surface area contributed by atoms with E-state index in [1.165, 1.54) is 0 Å². The van der Waals surface area contributed by atoms with Crippen LogP contribution < -0.4 is 10.9 Å². The molecule has 1 heterocycles. The van der Waals surface area contributed by atoms with Gasteiger partial charge in [0.2, 0.25) is 5.55 Å². The van der Waals surface area contributed by atoms with Crippen molar-refractivity contribution in [3.8, 4) is 0 Å². The number of para-hydroxylation sites is 1. The molecule has 116 valence electrons. The normalized spacial score (nSPS) is 10.7. The molecule has 2 N–H and O–H groups in total. The van der Waals surface area contributed by atoms with Crippen LogP contribution in [0, 0.1) is 5.41 Å². The summed E-state index contributed by atoms with van der Waals surface area (Å²) >= 11 is 5.97. The maximum Gasteiger partial charge on any atom is 0.261 e. The van der Waals surface area contributed by atoms with Crippen LogP contribution in [0.4, 0.5) is 5.69 Å². The van der Waals surface area contributed by atoms with Crippen LogP contribution in [0.5, 0.6) is 0 Å². The molecule has 0 saturated carbocycles. The number of anilines is 1. The van der Waals surface area contributed by atoms with E-state index in [9.17, 15) is 4.79 Å². The molecule has 0 aliphatic heterocycles. The summed E-state index contributed by atoms with van der Waals surface area (Å²) in [5.41, 5.74) is 2.29. The van der Waals surface area contributed by atoms with E-state index in [4.69, 9.17) is 21.4 Å². The van der Waals surface area contributed by atoms with Gasteiger partial charge in [0.15, 0.2) is 0 Å². The van der Waals surface area contributed by atoms with E-state index < -0.39 is 0 Å². The van der Waals surface area contributed by atoms with Gasteiger partial charge in [-0.3, -0.25) is 10.2 Å². The van der Waals surface area contributed by atoms with Crippen molar-refractivity contribution >= 4 is 34.2 Å². The minimum Gasteiger partial charge on any atom is -0.438 e. The van der Waals surface area contributed by atoms with Crippen LogP contribution in [0.1, 0.15) is 22.8 Å². The summed E-state index contributed by atoms with van der Waals surface area (Å²) in [5, 5.41) is 12.0. The third-order valence-corrected chi connectivity index (χ3v) is 3.85. The number of amides is 1. The van der Waals surface area contributed by atoms with Gasteiger partial charge in [-0.25, -0.2) is 0 Å². The van der Waals surface area contributed by atoms with Gasteiger partial charge in [0.1, 0.15) is 11.1 Å². The zero-order valence-electron chi connectivity index (χ0n) is 12.5. The molecule has 0 unspecified atom stereocenters.